The molecule has 24 heavy (non-hydrogen) atoms. The normalized spacial score (nSPS) is 10.8. The van der Waals surface area contributed by atoms with Crippen LogP contribution in [0.25, 0.3) is 12.2 Å². The Bertz CT molecular complexity index is 641. The van der Waals surface area contributed by atoms with E-state index < -0.39 is 0 Å². The van der Waals surface area contributed by atoms with Gasteiger partial charge in [-0.1, -0.05) is 60.2 Å². The quantitative estimate of drug-likeness (QED) is 0.442. The van der Waals surface area contributed by atoms with Crippen LogP contribution in [0.4, 0.5) is 0 Å². The second kappa shape index (κ2) is 11.1. The van der Waals surface area contributed by atoms with E-state index in [1.165, 1.54) is 0 Å². The topological polar surface area (TPSA) is 12.5 Å². The molecule has 2 nitrogen and oxygen atoms in total. The van der Waals surface area contributed by atoms with Crippen molar-refractivity contribution in [3.05, 3.63) is 64.7 Å². The van der Waals surface area contributed by atoms with Gasteiger partial charge in [0.15, 0.2) is 0 Å². The van der Waals surface area contributed by atoms with Crippen molar-refractivity contribution >= 4 is 36.2 Å². The highest BCUT2D eigenvalue weighted by molar-refractivity contribution is 6.32. The fourth-order valence-electron chi connectivity index (χ4n) is 2.25. The number of para-hydroxylation sites is 1. The average molecular weight is 366 g/mol. The maximum absolute atomic E-state index is 6.19. The predicted octanol–water partition coefficient (Wildman–Crippen LogP) is 5.65. The summed E-state index contributed by atoms with van der Waals surface area (Å²) in [5.74, 6) is 0.917. The zero-order chi connectivity index (χ0) is 16.5. The van der Waals surface area contributed by atoms with Gasteiger partial charge in [0, 0.05) is 10.6 Å². The number of nitrogens with zero attached hydrogens (tertiary/aromatic N) is 1. The van der Waals surface area contributed by atoms with Crippen LogP contribution in [0.2, 0.25) is 5.02 Å². The number of benzene rings is 2. The zero-order valence-electron chi connectivity index (χ0n) is 14.2. The van der Waals surface area contributed by atoms with Crippen molar-refractivity contribution in [3.63, 3.8) is 0 Å². The molecule has 0 aliphatic heterocycles. The molecule has 0 atom stereocenters. The highest BCUT2D eigenvalue weighted by Gasteiger charge is 2.01. The first-order chi connectivity index (χ1) is 11.2. The molecule has 0 bridgehead atoms. The second-order valence-electron chi connectivity index (χ2n) is 5.75. The van der Waals surface area contributed by atoms with E-state index in [0.29, 0.717) is 0 Å². The van der Waals surface area contributed by atoms with Crippen LogP contribution < -0.4 is 4.74 Å². The van der Waals surface area contributed by atoms with Crippen LogP contribution in [0, 0.1) is 0 Å². The van der Waals surface area contributed by atoms with Crippen molar-refractivity contribution in [2.45, 2.75) is 12.8 Å². The average Bonchev–Trinajstić information content (AvgIpc) is 2.54. The number of ether oxygens (including phenoxy) is 1. The molecule has 4 heteroatoms. The third-order valence-electron chi connectivity index (χ3n) is 3.52. The summed E-state index contributed by atoms with van der Waals surface area (Å²) < 4.78 is 5.93. The maximum atomic E-state index is 6.19. The van der Waals surface area contributed by atoms with Crippen LogP contribution >= 0.6 is 24.0 Å². The molecule has 2 aromatic carbocycles. The fourth-order valence-corrected chi connectivity index (χ4v) is 2.45. The minimum Gasteiger partial charge on any atom is -0.493 e. The van der Waals surface area contributed by atoms with Gasteiger partial charge in [0.1, 0.15) is 5.75 Å². The van der Waals surface area contributed by atoms with Gasteiger partial charge >= 0.3 is 0 Å². The van der Waals surface area contributed by atoms with Crippen molar-refractivity contribution in [3.8, 4) is 5.75 Å². The summed E-state index contributed by atoms with van der Waals surface area (Å²) in [6, 6.07) is 15.9. The highest BCUT2D eigenvalue weighted by Crippen LogP contribution is 2.23. The first-order valence-corrected chi connectivity index (χ1v) is 8.34. The minimum atomic E-state index is 0. The first-order valence-electron chi connectivity index (χ1n) is 7.96. The predicted molar refractivity (Wildman–Crippen MR) is 107 cm³/mol. The van der Waals surface area contributed by atoms with Crippen LogP contribution in [0.3, 0.4) is 0 Å². The summed E-state index contributed by atoms with van der Waals surface area (Å²) in [7, 11) is 4.19. The van der Waals surface area contributed by atoms with Gasteiger partial charge in [-0.15, -0.1) is 12.4 Å². The van der Waals surface area contributed by atoms with E-state index in [-0.39, 0.29) is 12.4 Å². The Morgan fingerprint density at radius 3 is 2.25 bits per heavy atom. The lowest BCUT2D eigenvalue weighted by molar-refractivity contribution is 0.292. The van der Waals surface area contributed by atoms with Crippen LogP contribution in [0.15, 0.2) is 48.5 Å². The standard InChI is InChI=1S/C20H24ClNO.ClH/c1-22(2)15-7-8-16-23-20-12-6-4-10-18(20)14-13-17-9-3-5-11-19(17)21;/h3-6,9-14H,7-8,15-16H2,1-2H3;1H/b14-13+;. The van der Waals surface area contributed by atoms with Gasteiger partial charge in [-0.2, -0.15) is 0 Å². The number of hydrogen-bond acceptors (Lipinski definition) is 2. The summed E-state index contributed by atoms with van der Waals surface area (Å²) in [5, 5.41) is 0.755. The lowest BCUT2D eigenvalue weighted by atomic mass is 10.1. The maximum Gasteiger partial charge on any atom is 0.126 e. The SMILES string of the molecule is CN(C)CCCCOc1ccccc1/C=C/c1ccccc1Cl.Cl. The molecule has 0 aliphatic rings. The van der Waals surface area contributed by atoms with Crippen LogP contribution in [-0.4, -0.2) is 32.1 Å². The third kappa shape index (κ3) is 6.96. The molecular formula is C20H25Cl2NO. The van der Waals surface area contributed by atoms with Crippen molar-refractivity contribution < 1.29 is 4.74 Å². The monoisotopic (exact) mass is 365 g/mol. The van der Waals surface area contributed by atoms with Crippen LogP contribution in [0.5, 0.6) is 5.75 Å². The Balaban J connectivity index is 0.00000288. The van der Waals surface area contributed by atoms with E-state index in [1.807, 2.05) is 48.5 Å². The molecule has 0 aliphatic carbocycles. The lowest BCUT2D eigenvalue weighted by Gasteiger charge is -2.11. The second-order valence-corrected chi connectivity index (χ2v) is 6.16. The molecular weight excluding hydrogens is 341 g/mol. The summed E-state index contributed by atoms with van der Waals surface area (Å²) in [5.41, 5.74) is 2.08. The Morgan fingerprint density at radius 2 is 1.54 bits per heavy atom. The fraction of sp³-hybridized carbons (Fsp3) is 0.300. The highest BCUT2D eigenvalue weighted by atomic mass is 35.5. The smallest absolute Gasteiger partial charge is 0.126 e. The Labute approximate surface area is 156 Å². The molecule has 0 aromatic heterocycles. The van der Waals surface area contributed by atoms with Crippen molar-refractivity contribution in [2.75, 3.05) is 27.2 Å². The summed E-state index contributed by atoms with van der Waals surface area (Å²) in [4.78, 5) is 2.19. The van der Waals surface area contributed by atoms with E-state index in [9.17, 15) is 0 Å². The van der Waals surface area contributed by atoms with E-state index in [4.69, 9.17) is 16.3 Å². The molecule has 130 valence electrons. The summed E-state index contributed by atoms with van der Waals surface area (Å²) in [6.45, 7) is 1.84. The molecule has 0 unspecified atom stereocenters. The number of hydrogen-bond donors (Lipinski definition) is 0. The molecule has 0 saturated heterocycles. The molecule has 0 radical (unpaired) electrons. The number of unbranched alkanes of at least 4 members (excludes halogenated alkanes) is 1. The third-order valence-corrected chi connectivity index (χ3v) is 3.87. The zero-order valence-corrected chi connectivity index (χ0v) is 15.8. The van der Waals surface area contributed by atoms with Crippen LogP contribution in [0.1, 0.15) is 24.0 Å². The van der Waals surface area contributed by atoms with Gasteiger partial charge in [-0.25, -0.2) is 0 Å². The number of halogens is 2. The van der Waals surface area contributed by atoms with E-state index >= 15 is 0 Å². The minimum absolute atomic E-state index is 0. The molecule has 2 rings (SSSR count). The lowest BCUT2D eigenvalue weighted by Crippen LogP contribution is -2.13. The van der Waals surface area contributed by atoms with Crippen molar-refractivity contribution in [1.29, 1.82) is 0 Å². The molecule has 0 saturated carbocycles. The number of rotatable bonds is 8. The Kier molecular flexibility index (Phi) is 9.55. The molecule has 0 amide bonds. The van der Waals surface area contributed by atoms with Gasteiger partial charge < -0.3 is 9.64 Å². The Morgan fingerprint density at radius 1 is 0.917 bits per heavy atom. The molecule has 0 N–H and O–H groups in total. The summed E-state index contributed by atoms with van der Waals surface area (Å²) >= 11 is 6.19. The van der Waals surface area contributed by atoms with Crippen LogP contribution in [-0.2, 0) is 0 Å². The van der Waals surface area contributed by atoms with Gasteiger partial charge in [0.05, 0.1) is 6.61 Å². The molecule has 0 heterocycles. The molecule has 0 spiro atoms. The van der Waals surface area contributed by atoms with Crippen molar-refractivity contribution in [2.24, 2.45) is 0 Å². The van der Waals surface area contributed by atoms with E-state index in [0.717, 1.165) is 47.9 Å². The van der Waals surface area contributed by atoms with Gasteiger partial charge in [-0.05, 0) is 51.2 Å². The van der Waals surface area contributed by atoms with Gasteiger partial charge in [0.25, 0.3) is 0 Å². The van der Waals surface area contributed by atoms with Gasteiger partial charge in [0.2, 0.25) is 0 Å². The van der Waals surface area contributed by atoms with Crippen molar-refractivity contribution in [1.82, 2.24) is 4.90 Å². The first kappa shape index (κ1) is 20.6. The molecule has 2 aromatic rings. The Hall–Kier alpha value is -1.48. The van der Waals surface area contributed by atoms with E-state index in [1.54, 1.807) is 0 Å². The van der Waals surface area contributed by atoms with E-state index in [2.05, 4.69) is 31.1 Å². The largest absolute Gasteiger partial charge is 0.493 e. The van der Waals surface area contributed by atoms with Gasteiger partial charge in [-0.3, -0.25) is 0 Å². The summed E-state index contributed by atoms with van der Waals surface area (Å²) in [6.07, 6.45) is 6.28. The molecule has 0 fully saturated rings.